The van der Waals surface area contributed by atoms with Crippen LogP contribution in [0.5, 0.6) is 0 Å². The smallest absolute Gasteiger partial charge is 0.303 e. The summed E-state index contributed by atoms with van der Waals surface area (Å²) < 4.78 is 0. The van der Waals surface area contributed by atoms with Crippen LogP contribution in [0.1, 0.15) is 85.0 Å². The zero-order valence-corrected chi connectivity index (χ0v) is 29.2. The Bertz CT molecular complexity index is 1150. The zero-order chi connectivity index (χ0) is 38.4. The number of amides is 7. The summed E-state index contributed by atoms with van der Waals surface area (Å²) in [7, 11) is 0. The topological polar surface area (TPSA) is 341 Å². The highest BCUT2D eigenvalue weighted by atomic mass is 16.4. The van der Waals surface area contributed by atoms with Crippen molar-refractivity contribution in [1.82, 2.24) is 26.6 Å². The number of aliphatic hydroxyl groups excluding tert-OH is 1. The number of nitrogens with one attached hydrogen (secondary N) is 5. The molecular formula is C31H57N9O10. The second-order valence-electron chi connectivity index (χ2n) is 12.5. The van der Waals surface area contributed by atoms with Crippen molar-refractivity contribution in [2.45, 2.75) is 115 Å². The molecule has 19 nitrogen and oxygen atoms in total. The number of nitrogens with two attached hydrogens (primary N) is 4. The molecule has 0 rings (SSSR count). The quantitative estimate of drug-likeness (QED) is 0.0370. The van der Waals surface area contributed by atoms with Gasteiger partial charge in [0, 0.05) is 18.8 Å². The lowest BCUT2D eigenvalue weighted by molar-refractivity contribution is -0.139. The zero-order valence-electron chi connectivity index (χ0n) is 29.2. The van der Waals surface area contributed by atoms with Gasteiger partial charge in [0.1, 0.15) is 30.2 Å². The number of rotatable bonds is 27. The van der Waals surface area contributed by atoms with E-state index in [1.807, 2.05) is 0 Å². The largest absolute Gasteiger partial charge is 0.481 e. The number of carbonyl (C=O) groups excluding carboxylic acids is 7. The van der Waals surface area contributed by atoms with Gasteiger partial charge in [0.2, 0.25) is 41.4 Å². The first kappa shape index (κ1) is 45.6. The van der Waals surface area contributed by atoms with Gasteiger partial charge >= 0.3 is 5.97 Å². The minimum absolute atomic E-state index is 0.178. The highest BCUT2D eigenvalue weighted by Crippen LogP contribution is 2.10. The van der Waals surface area contributed by atoms with Gasteiger partial charge in [0.15, 0.2) is 0 Å². The van der Waals surface area contributed by atoms with Gasteiger partial charge in [0.05, 0.1) is 6.61 Å². The molecule has 6 atom stereocenters. The monoisotopic (exact) mass is 715 g/mol. The first-order valence-corrected chi connectivity index (χ1v) is 16.8. The molecule has 19 heteroatoms. The Hall–Kier alpha value is -4.36. The fraction of sp³-hybridized carbons (Fsp3) is 0.742. The number of carboxylic acid groups (broad SMARTS) is 1. The molecule has 0 aliphatic heterocycles. The molecule has 286 valence electrons. The summed E-state index contributed by atoms with van der Waals surface area (Å²) in [6, 6.07) is -6.78. The molecule has 0 radical (unpaired) electrons. The van der Waals surface area contributed by atoms with Crippen molar-refractivity contribution in [3.8, 4) is 0 Å². The highest BCUT2D eigenvalue weighted by Gasteiger charge is 2.34. The van der Waals surface area contributed by atoms with Gasteiger partial charge in [-0.05, 0) is 64.0 Å². The third kappa shape index (κ3) is 18.4. The third-order valence-corrected chi connectivity index (χ3v) is 7.80. The second kappa shape index (κ2) is 24.7. The number of hydrogen-bond donors (Lipinski definition) is 11. The van der Waals surface area contributed by atoms with Crippen LogP contribution < -0.4 is 49.5 Å². The third-order valence-electron chi connectivity index (χ3n) is 7.80. The van der Waals surface area contributed by atoms with Crippen LogP contribution in [0, 0.1) is 11.8 Å². The van der Waals surface area contributed by atoms with Crippen molar-refractivity contribution < 1.29 is 48.6 Å². The Morgan fingerprint density at radius 2 is 1.02 bits per heavy atom. The van der Waals surface area contributed by atoms with Crippen LogP contribution in [0.2, 0.25) is 0 Å². The SMILES string of the molecule is CC(C)[C@H](NC(=O)[C@H](CCC(=O)O)NC(=O)[C@H](CO)NC(=O)[C@@H](C)CCCCN)C(=O)N[C@@H](CCC(N)=O)C(=O)N[C@@H](CCCCN)C(N)=O. The van der Waals surface area contributed by atoms with E-state index in [1.165, 1.54) is 0 Å². The number of carboxylic acids is 1. The maximum Gasteiger partial charge on any atom is 0.303 e. The van der Waals surface area contributed by atoms with Crippen LogP contribution in [0.4, 0.5) is 0 Å². The van der Waals surface area contributed by atoms with E-state index in [1.54, 1.807) is 20.8 Å². The Kier molecular flexibility index (Phi) is 22.6. The molecule has 0 aromatic carbocycles. The van der Waals surface area contributed by atoms with Gasteiger partial charge in [-0.15, -0.1) is 0 Å². The molecule has 0 unspecified atom stereocenters. The van der Waals surface area contributed by atoms with E-state index in [9.17, 15) is 48.6 Å². The fourth-order valence-electron chi connectivity index (χ4n) is 4.70. The molecule has 0 heterocycles. The van der Waals surface area contributed by atoms with Gasteiger partial charge in [-0.3, -0.25) is 38.4 Å². The van der Waals surface area contributed by atoms with E-state index in [0.29, 0.717) is 45.2 Å². The maximum absolute atomic E-state index is 13.5. The summed E-state index contributed by atoms with van der Waals surface area (Å²) in [6.45, 7) is 4.76. The number of primary amides is 2. The molecule has 0 saturated carbocycles. The molecule has 0 saturated heterocycles. The number of aliphatic carboxylic acids is 1. The molecule has 0 bridgehead atoms. The van der Waals surface area contributed by atoms with Crippen LogP contribution >= 0.6 is 0 Å². The fourth-order valence-corrected chi connectivity index (χ4v) is 4.70. The summed E-state index contributed by atoms with van der Waals surface area (Å²) >= 11 is 0. The van der Waals surface area contributed by atoms with E-state index >= 15 is 0 Å². The Labute approximate surface area is 292 Å². The standard InChI is InChI=1S/C31H57N9O10/c1-17(2)25(31(50)38-20(10-12-23(34)42)28(47)36-19(26(35)45)9-5-7-15-33)40-29(48)21(11-13-24(43)44)37-30(49)22(16-41)39-27(46)18(3)8-4-6-14-32/h17-22,25,41H,4-16,32-33H2,1-3H3,(H2,34,42)(H2,35,45)(H,36,47)(H,37,49)(H,38,50)(H,39,46)(H,40,48)(H,43,44)/t18-,19-,20-,21-,22-,25-/m0/s1. The second-order valence-corrected chi connectivity index (χ2v) is 12.5. The summed E-state index contributed by atoms with van der Waals surface area (Å²) in [4.78, 5) is 100. The van der Waals surface area contributed by atoms with E-state index in [2.05, 4.69) is 26.6 Å². The summed E-state index contributed by atoms with van der Waals surface area (Å²) in [5, 5.41) is 31.2. The molecule has 0 aromatic heterocycles. The van der Waals surface area contributed by atoms with Gasteiger partial charge < -0.3 is 59.7 Å². The summed E-state index contributed by atoms with van der Waals surface area (Å²) in [5.41, 5.74) is 21.6. The average Bonchev–Trinajstić information content (AvgIpc) is 3.04. The predicted molar refractivity (Wildman–Crippen MR) is 181 cm³/mol. The van der Waals surface area contributed by atoms with Crippen LogP contribution in [-0.2, 0) is 38.4 Å². The predicted octanol–water partition coefficient (Wildman–Crippen LogP) is -3.43. The molecule has 0 aromatic rings. The first-order valence-electron chi connectivity index (χ1n) is 16.8. The molecule has 7 amide bonds. The lowest BCUT2D eigenvalue weighted by Gasteiger charge is -2.28. The van der Waals surface area contributed by atoms with Crippen molar-refractivity contribution in [3.05, 3.63) is 0 Å². The van der Waals surface area contributed by atoms with Crippen molar-refractivity contribution in [2.75, 3.05) is 19.7 Å². The van der Waals surface area contributed by atoms with Crippen LogP contribution in [-0.4, -0.2) is 107 Å². The van der Waals surface area contributed by atoms with E-state index in [-0.39, 0.29) is 19.3 Å². The molecule has 15 N–H and O–H groups in total. The molecule has 50 heavy (non-hydrogen) atoms. The number of aliphatic hydroxyl groups is 1. The Morgan fingerprint density at radius 1 is 0.560 bits per heavy atom. The van der Waals surface area contributed by atoms with Gasteiger partial charge in [0.25, 0.3) is 0 Å². The summed E-state index contributed by atoms with van der Waals surface area (Å²) in [6.07, 6.45) is 1.52. The van der Waals surface area contributed by atoms with E-state index in [0.717, 1.165) is 0 Å². The normalized spacial score (nSPS) is 14.6. The Balaban J connectivity index is 5.95. The van der Waals surface area contributed by atoms with Crippen molar-refractivity contribution in [1.29, 1.82) is 0 Å². The molecule has 0 fully saturated rings. The molecule has 0 aliphatic rings. The summed E-state index contributed by atoms with van der Waals surface area (Å²) in [5.74, 6) is -8.15. The number of unbranched alkanes of at least 4 members (excludes halogenated alkanes) is 2. The van der Waals surface area contributed by atoms with Crippen LogP contribution in [0.3, 0.4) is 0 Å². The molecular weight excluding hydrogens is 658 g/mol. The minimum Gasteiger partial charge on any atom is -0.481 e. The van der Waals surface area contributed by atoms with Crippen molar-refractivity contribution in [3.63, 3.8) is 0 Å². The van der Waals surface area contributed by atoms with Crippen molar-refractivity contribution >= 4 is 47.3 Å². The maximum atomic E-state index is 13.5. The Morgan fingerprint density at radius 3 is 1.50 bits per heavy atom. The number of hydrogen-bond acceptors (Lipinski definition) is 11. The lowest BCUT2D eigenvalue weighted by atomic mass is 10.0. The molecule has 0 aliphatic carbocycles. The van der Waals surface area contributed by atoms with Crippen molar-refractivity contribution in [2.24, 2.45) is 34.8 Å². The van der Waals surface area contributed by atoms with Gasteiger partial charge in [-0.1, -0.05) is 27.2 Å². The molecule has 0 spiro atoms. The minimum atomic E-state index is -1.51. The van der Waals surface area contributed by atoms with E-state index < -0.39 is 109 Å². The first-order chi connectivity index (χ1) is 23.5. The van der Waals surface area contributed by atoms with Crippen LogP contribution in [0.25, 0.3) is 0 Å². The van der Waals surface area contributed by atoms with Gasteiger partial charge in [-0.25, -0.2) is 0 Å². The number of carbonyl (C=O) groups is 8. The highest BCUT2D eigenvalue weighted by molar-refractivity contribution is 5.96. The lowest BCUT2D eigenvalue weighted by Crippen LogP contribution is -2.60. The average molecular weight is 716 g/mol. The van der Waals surface area contributed by atoms with E-state index in [4.69, 9.17) is 22.9 Å². The van der Waals surface area contributed by atoms with Crippen LogP contribution in [0.15, 0.2) is 0 Å². The van der Waals surface area contributed by atoms with Gasteiger partial charge in [-0.2, -0.15) is 0 Å².